The van der Waals surface area contributed by atoms with Crippen LogP contribution in [0.25, 0.3) is 0 Å². The summed E-state index contributed by atoms with van der Waals surface area (Å²) < 4.78 is 12.6. The first-order valence-electron chi connectivity index (χ1n) is 4.44. The predicted molar refractivity (Wildman–Crippen MR) is 47.9 cm³/mol. The second kappa shape index (κ2) is 2.95. The molecule has 0 heterocycles. The largest absolute Gasteiger partial charge is 0.300 e. The molecule has 0 aromatic heterocycles. The van der Waals surface area contributed by atoms with Crippen LogP contribution >= 0.6 is 0 Å². The van der Waals surface area contributed by atoms with Crippen LogP contribution in [0.1, 0.15) is 24.8 Å². The molecular weight excluding hydrogens is 167 g/mol. The smallest absolute Gasteiger partial charge is 0.133 e. The monoisotopic (exact) mass is 178 g/mol. The Labute approximate surface area is 76.6 Å². The maximum Gasteiger partial charge on any atom is 0.133 e. The van der Waals surface area contributed by atoms with Gasteiger partial charge in [0.25, 0.3) is 0 Å². The van der Waals surface area contributed by atoms with Crippen molar-refractivity contribution in [1.82, 2.24) is 0 Å². The van der Waals surface area contributed by atoms with Gasteiger partial charge in [0.15, 0.2) is 0 Å². The van der Waals surface area contributed by atoms with E-state index in [2.05, 4.69) is 0 Å². The molecule has 1 aliphatic carbocycles. The van der Waals surface area contributed by atoms with Crippen LogP contribution in [0.2, 0.25) is 0 Å². The highest BCUT2D eigenvalue weighted by atomic mass is 19.1. The van der Waals surface area contributed by atoms with Crippen molar-refractivity contribution in [3.63, 3.8) is 0 Å². The third-order valence-electron chi connectivity index (χ3n) is 2.61. The van der Waals surface area contributed by atoms with Crippen molar-refractivity contribution in [2.24, 2.45) is 5.92 Å². The van der Waals surface area contributed by atoms with Crippen LogP contribution in [0.4, 0.5) is 4.39 Å². The number of Topliss-reactive ketones (excluding diaryl/α,β-unsaturated/α-hetero) is 1. The fourth-order valence-corrected chi connectivity index (χ4v) is 1.72. The molecule has 2 atom stereocenters. The highest BCUT2D eigenvalue weighted by molar-refractivity contribution is 5.82. The summed E-state index contributed by atoms with van der Waals surface area (Å²) >= 11 is 0. The molecule has 1 aromatic rings. The van der Waals surface area contributed by atoms with Crippen molar-refractivity contribution in [3.8, 4) is 0 Å². The lowest BCUT2D eigenvalue weighted by Gasteiger charge is -1.97. The van der Waals surface area contributed by atoms with Crippen molar-refractivity contribution >= 4 is 5.78 Å². The van der Waals surface area contributed by atoms with Crippen LogP contribution in [0.3, 0.4) is 0 Å². The molecule has 0 saturated heterocycles. The molecule has 0 aliphatic heterocycles. The maximum atomic E-state index is 12.6. The van der Waals surface area contributed by atoms with Gasteiger partial charge in [0, 0.05) is 5.92 Å². The van der Waals surface area contributed by atoms with Gasteiger partial charge in [-0.3, -0.25) is 4.79 Å². The molecule has 0 spiro atoms. The molecule has 1 nitrogen and oxygen atoms in total. The van der Waals surface area contributed by atoms with Crippen LogP contribution in [-0.2, 0) is 4.79 Å². The Hall–Kier alpha value is -1.18. The number of benzene rings is 1. The minimum atomic E-state index is -0.219. The summed E-state index contributed by atoms with van der Waals surface area (Å²) in [5, 5.41) is 0. The van der Waals surface area contributed by atoms with Crippen LogP contribution in [0.5, 0.6) is 0 Å². The molecule has 1 aromatic carbocycles. The average Bonchev–Trinajstić information content (AvgIpc) is 2.85. The third kappa shape index (κ3) is 1.62. The topological polar surface area (TPSA) is 17.1 Å². The Kier molecular flexibility index (Phi) is 1.91. The van der Waals surface area contributed by atoms with Crippen molar-refractivity contribution in [2.75, 3.05) is 0 Å². The summed E-state index contributed by atoms with van der Waals surface area (Å²) in [5.41, 5.74) is 1.08. The van der Waals surface area contributed by atoms with E-state index in [0.29, 0.717) is 5.92 Å². The van der Waals surface area contributed by atoms with Crippen molar-refractivity contribution in [3.05, 3.63) is 35.6 Å². The Morgan fingerprint density at radius 3 is 2.46 bits per heavy atom. The zero-order valence-corrected chi connectivity index (χ0v) is 7.46. The van der Waals surface area contributed by atoms with Gasteiger partial charge < -0.3 is 0 Å². The number of carbonyl (C=O) groups is 1. The van der Waals surface area contributed by atoms with Gasteiger partial charge in [0.05, 0.1) is 0 Å². The Bertz CT molecular complexity index is 328. The van der Waals surface area contributed by atoms with Gasteiger partial charge in [-0.2, -0.15) is 0 Å². The fraction of sp³-hybridized carbons (Fsp3) is 0.364. The van der Waals surface area contributed by atoms with E-state index in [9.17, 15) is 9.18 Å². The number of carbonyl (C=O) groups excluding carboxylic acids is 1. The van der Waals surface area contributed by atoms with Gasteiger partial charge in [-0.25, -0.2) is 4.39 Å². The molecule has 68 valence electrons. The van der Waals surface area contributed by atoms with E-state index in [-0.39, 0.29) is 17.5 Å². The molecule has 1 saturated carbocycles. The van der Waals surface area contributed by atoms with Gasteiger partial charge in [-0.1, -0.05) is 12.1 Å². The lowest BCUT2D eigenvalue weighted by molar-refractivity contribution is -0.118. The molecule has 2 rings (SSSR count). The van der Waals surface area contributed by atoms with Gasteiger partial charge in [0.1, 0.15) is 11.6 Å². The predicted octanol–water partition coefficient (Wildman–Crippen LogP) is 2.52. The van der Waals surface area contributed by atoms with Crippen LogP contribution in [-0.4, -0.2) is 5.78 Å². The minimum absolute atomic E-state index is 0.186. The van der Waals surface area contributed by atoms with Gasteiger partial charge in [0.2, 0.25) is 0 Å². The normalized spacial score (nSPS) is 25.7. The number of hydrogen-bond donors (Lipinski definition) is 0. The van der Waals surface area contributed by atoms with E-state index >= 15 is 0 Å². The SMILES string of the molecule is CC(=O)C1C[C@@H]1c1ccc(F)cc1. The lowest BCUT2D eigenvalue weighted by Crippen LogP contribution is -1.94. The summed E-state index contributed by atoms with van der Waals surface area (Å²) in [7, 11) is 0. The number of hydrogen-bond acceptors (Lipinski definition) is 1. The first-order valence-corrected chi connectivity index (χ1v) is 4.44. The molecule has 0 amide bonds. The van der Waals surface area contributed by atoms with Crippen molar-refractivity contribution < 1.29 is 9.18 Å². The van der Waals surface area contributed by atoms with Gasteiger partial charge in [-0.15, -0.1) is 0 Å². The van der Waals surface area contributed by atoms with Gasteiger partial charge >= 0.3 is 0 Å². The zero-order chi connectivity index (χ0) is 9.42. The number of ketones is 1. The molecule has 0 N–H and O–H groups in total. The van der Waals surface area contributed by atoms with Crippen LogP contribution in [0, 0.1) is 11.7 Å². The zero-order valence-electron chi connectivity index (χ0n) is 7.46. The highest BCUT2D eigenvalue weighted by Gasteiger charge is 2.41. The summed E-state index contributed by atoms with van der Waals surface area (Å²) in [6.07, 6.45) is 0.932. The summed E-state index contributed by atoms with van der Waals surface area (Å²) in [4.78, 5) is 11.0. The van der Waals surface area contributed by atoms with Crippen molar-refractivity contribution in [1.29, 1.82) is 0 Å². The average molecular weight is 178 g/mol. The lowest BCUT2D eigenvalue weighted by atomic mass is 10.1. The van der Waals surface area contributed by atoms with E-state index < -0.39 is 0 Å². The van der Waals surface area contributed by atoms with E-state index in [1.54, 1.807) is 19.1 Å². The van der Waals surface area contributed by atoms with E-state index in [1.807, 2.05) is 0 Å². The maximum absolute atomic E-state index is 12.6. The molecule has 1 fully saturated rings. The summed E-state index contributed by atoms with van der Waals surface area (Å²) in [6, 6.07) is 6.43. The minimum Gasteiger partial charge on any atom is -0.300 e. The van der Waals surface area contributed by atoms with Crippen molar-refractivity contribution in [2.45, 2.75) is 19.3 Å². The van der Waals surface area contributed by atoms with Gasteiger partial charge in [-0.05, 0) is 37.0 Å². The van der Waals surface area contributed by atoms with Crippen LogP contribution in [0.15, 0.2) is 24.3 Å². The second-order valence-corrected chi connectivity index (χ2v) is 3.61. The summed E-state index contributed by atoms with van der Waals surface area (Å²) in [5.74, 6) is 0.557. The molecule has 0 bridgehead atoms. The standard InChI is InChI=1S/C11H11FO/c1-7(13)10-6-11(10)8-2-4-9(12)5-3-8/h2-5,10-11H,6H2,1H3/t10?,11-/m1/s1. The second-order valence-electron chi connectivity index (χ2n) is 3.61. The first-order chi connectivity index (χ1) is 6.18. The Balaban J connectivity index is 2.12. The molecule has 13 heavy (non-hydrogen) atoms. The molecule has 1 unspecified atom stereocenters. The Morgan fingerprint density at radius 1 is 1.38 bits per heavy atom. The quantitative estimate of drug-likeness (QED) is 0.680. The summed E-state index contributed by atoms with van der Waals surface area (Å²) in [6.45, 7) is 1.62. The third-order valence-corrected chi connectivity index (χ3v) is 2.61. The number of rotatable bonds is 2. The fourth-order valence-electron chi connectivity index (χ4n) is 1.72. The number of halogens is 1. The van der Waals surface area contributed by atoms with E-state index in [1.165, 1.54) is 12.1 Å². The molecule has 0 radical (unpaired) electrons. The molecule has 1 aliphatic rings. The first kappa shape index (κ1) is 8.42. The Morgan fingerprint density at radius 2 is 2.00 bits per heavy atom. The van der Waals surface area contributed by atoms with E-state index in [0.717, 1.165) is 12.0 Å². The van der Waals surface area contributed by atoms with E-state index in [4.69, 9.17) is 0 Å². The highest BCUT2D eigenvalue weighted by Crippen LogP contribution is 2.47. The van der Waals surface area contributed by atoms with Crippen LogP contribution < -0.4 is 0 Å². The molecule has 2 heteroatoms. The molecular formula is C11H11FO.